The van der Waals surface area contributed by atoms with Crippen molar-refractivity contribution in [3.05, 3.63) is 56.1 Å². The molecule has 0 aromatic heterocycles. The van der Waals surface area contributed by atoms with Crippen molar-refractivity contribution in [2.24, 2.45) is 0 Å². The zero-order valence-corrected chi connectivity index (χ0v) is 19.0. The number of halogens is 2. The number of piperazine rings is 1. The van der Waals surface area contributed by atoms with Crippen LogP contribution in [0.5, 0.6) is 11.5 Å². The van der Waals surface area contributed by atoms with Gasteiger partial charge < -0.3 is 14.4 Å². The number of hydrogen-bond acceptors (Lipinski definition) is 5. The summed E-state index contributed by atoms with van der Waals surface area (Å²) in [6.45, 7) is 3.72. The predicted octanol–water partition coefficient (Wildman–Crippen LogP) is 3.49. The molecule has 0 atom stereocenters. The number of carbonyl (C=O) groups excluding carboxylic acids is 2. The number of aldehydes is 1. The zero-order valence-electron chi connectivity index (χ0n) is 16.1. The smallest absolute Gasteiger partial charge is 0.260 e. The molecule has 154 valence electrons. The summed E-state index contributed by atoms with van der Waals surface area (Å²) in [5, 5.41) is 0.733. The van der Waals surface area contributed by atoms with Gasteiger partial charge in [0.1, 0.15) is 6.29 Å². The lowest BCUT2D eigenvalue weighted by atomic mass is 10.2. The Morgan fingerprint density at radius 1 is 1.17 bits per heavy atom. The van der Waals surface area contributed by atoms with Crippen LogP contribution in [0.15, 0.2) is 36.4 Å². The highest BCUT2D eigenvalue weighted by molar-refractivity contribution is 14.1. The molecule has 1 heterocycles. The lowest BCUT2D eigenvalue weighted by molar-refractivity contribution is -0.135. The fourth-order valence-electron chi connectivity index (χ4n) is 3.18. The quantitative estimate of drug-likeness (QED) is 0.407. The summed E-state index contributed by atoms with van der Waals surface area (Å²) in [5.41, 5.74) is 1.71. The molecule has 2 aromatic carbocycles. The van der Waals surface area contributed by atoms with Gasteiger partial charge in [-0.05, 0) is 52.4 Å². The van der Waals surface area contributed by atoms with E-state index < -0.39 is 0 Å². The number of hydrogen-bond donors (Lipinski definition) is 0. The molecule has 1 amide bonds. The van der Waals surface area contributed by atoms with Gasteiger partial charge in [-0.25, -0.2) is 0 Å². The van der Waals surface area contributed by atoms with Crippen LogP contribution < -0.4 is 9.47 Å². The second kappa shape index (κ2) is 10.3. The van der Waals surface area contributed by atoms with Crippen LogP contribution in [-0.4, -0.2) is 61.9 Å². The second-order valence-corrected chi connectivity index (χ2v) is 8.32. The van der Waals surface area contributed by atoms with E-state index in [4.69, 9.17) is 21.1 Å². The number of carbonyl (C=O) groups is 2. The summed E-state index contributed by atoms with van der Waals surface area (Å²) in [6.07, 6.45) is 0.753. The van der Waals surface area contributed by atoms with E-state index >= 15 is 0 Å². The van der Waals surface area contributed by atoms with Crippen LogP contribution in [0.25, 0.3) is 0 Å². The predicted molar refractivity (Wildman–Crippen MR) is 120 cm³/mol. The molecule has 8 heteroatoms. The molecule has 1 aliphatic rings. The van der Waals surface area contributed by atoms with Gasteiger partial charge in [-0.15, -0.1) is 0 Å². The van der Waals surface area contributed by atoms with Crippen molar-refractivity contribution in [3.63, 3.8) is 0 Å². The number of methoxy groups -OCH3 is 1. The van der Waals surface area contributed by atoms with Crippen molar-refractivity contribution >= 4 is 46.4 Å². The Bertz CT molecular complexity index is 868. The lowest BCUT2D eigenvalue weighted by Gasteiger charge is -2.34. The third-order valence-corrected chi connectivity index (χ3v) is 5.83. The first-order chi connectivity index (χ1) is 14.0. The Labute approximate surface area is 188 Å². The second-order valence-electron chi connectivity index (χ2n) is 6.72. The van der Waals surface area contributed by atoms with Gasteiger partial charge in [0.2, 0.25) is 0 Å². The number of ether oxygens (including phenoxy) is 2. The van der Waals surface area contributed by atoms with Gasteiger partial charge in [0.25, 0.3) is 5.91 Å². The summed E-state index contributed by atoms with van der Waals surface area (Å²) in [6, 6.07) is 11.1. The molecule has 1 aliphatic heterocycles. The van der Waals surface area contributed by atoms with Crippen molar-refractivity contribution in [2.45, 2.75) is 6.54 Å². The molecule has 3 rings (SSSR count). The highest BCUT2D eigenvalue weighted by Crippen LogP contribution is 2.33. The molecular weight excluding hydrogens is 507 g/mol. The normalized spacial score (nSPS) is 14.5. The van der Waals surface area contributed by atoms with Gasteiger partial charge in [0.15, 0.2) is 18.1 Å². The average Bonchev–Trinajstić information content (AvgIpc) is 2.74. The highest BCUT2D eigenvalue weighted by atomic mass is 127. The Morgan fingerprint density at radius 2 is 1.86 bits per heavy atom. The van der Waals surface area contributed by atoms with Crippen LogP contribution >= 0.6 is 34.2 Å². The monoisotopic (exact) mass is 528 g/mol. The van der Waals surface area contributed by atoms with E-state index in [0.29, 0.717) is 30.2 Å². The largest absolute Gasteiger partial charge is 0.493 e. The fourth-order valence-corrected chi connectivity index (χ4v) is 4.08. The van der Waals surface area contributed by atoms with Gasteiger partial charge in [-0.1, -0.05) is 23.7 Å². The first kappa shape index (κ1) is 21.9. The molecule has 0 unspecified atom stereocenters. The summed E-state index contributed by atoms with van der Waals surface area (Å²) in [4.78, 5) is 27.7. The number of benzene rings is 2. The van der Waals surface area contributed by atoms with Gasteiger partial charge in [0, 0.05) is 43.3 Å². The van der Waals surface area contributed by atoms with Crippen molar-refractivity contribution < 1.29 is 19.1 Å². The standard InChI is InChI=1S/C21H22ClIN2O4/c1-28-19-11-16(13-26)10-18(23)21(19)29-14-20(27)25-8-6-24(7-9-25)12-15-2-4-17(22)5-3-15/h2-5,10-11,13H,6-9,12,14H2,1H3. The summed E-state index contributed by atoms with van der Waals surface area (Å²) in [7, 11) is 1.51. The summed E-state index contributed by atoms with van der Waals surface area (Å²) in [5.74, 6) is 0.862. The Morgan fingerprint density at radius 3 is 2.48 bits per heavy atom. The minimum atomic E-state index is -0.0655. The van der Waals surface area contributed by atoms with Crippen LogP contribution in [0.1, 0.15) is 15.9 Å². The molecule has 1 fully saturated rings. The Hall–Kier alpha value is -1.84. The van der Waals surface area contributed by atoms with Gasteiger partial charge in [-0.2, -0.15) is 0 Å². The topological polar surface area (TPSA) is 59.1 Å². The minimum Gasteiger partial charge on any atom is -0.493 e. The van der Waals surface area contributed by atoms with Gasteiger partial charge >= 0.3 is 0 Å². The number of nitrogens with zero attached hydrogens (tertiary/aromatic N) is 2. The number of rotatable bonds is 7. The van der Waals surface area contributed by atoms with E-state index in [2.05, 4.69) is 27.5 Å². The average molecular weight is 529 g/mol. The molecule has 0 aliphatic carbocycles. The molecule has 2 aromatic rings. The van der Waals surface area contributed by atoms with E-state index in [-0.39, 0.29) is 12.5 Å². The third-order valence-electron chi connectivity index (χ3n) is 4.77. The third kappa shape index (κ3) is 5.83. The maximum Gasteiger partial charge on any atom is 0.260 e. The molecule has 29 heavy (non-hydrogen) atoms. The van der Waals surface area contributed by atoms with Gasteiger partial charge in [-0.3, -0.25) is 14.5 Å². The van der Waals surface area contributed by atoms with E-state index in [0.717, 1.165) is 34.5 Å². The Balaban J connectivity index is 1.51. The first-order valence-electron chi connectivity index (χ1n) is 9.20. The maximum absolute atomic E-state index is 12.6. The molecule has 0 spiro atoms. The van der Waals surface area contributed by atoms with Crippen molar-refractivity contribution in [2.75, 3.05) is 39.9 Å². The van der Waals surface area contributed by atoms with E-state index in [9.17, 15) is 9.59 Å². The van der Waals surface area contributed by atoms with E-state index in [1.807, 2.05) is 29.2 Å². The number of amides is 1. The molecule has 0 bridgehead atoms. The Kier molecular flexibility index (Phi) is 7.74. The molecular formula is C21H22ClIN2O4. The maximum atomic E-state index is 12.6. The van der Waals surface area contributed by atoms with E-state index in [1.165, 1.54) is 12.7 Å². The van der Waals surface area contributed by atoms with Crippen LogP contribution in [0, 0.1) is 3.57 Å². The molecule has 0 saturated carbocycles. The van der Waals surface area contributed by atoms with Gasteiger partial charge in [0.05, 0.1) is 10.7 Å². The van der Waals surface area contributed by atoms with Crippen LogP contribution in [0.3, 0.4) is 0 Å². The van der Waals surface area contributed by atoms with E-state index in [1.54, 1.807) is 12.1 Å². The highest BCUT2D eigenvalue weighted by Gasteiger charge is 2.22. The SMILES string of the molecule is COc1cc(C=O)cc(I)c1OCC(=O)N1CCN(Cc2ccc(Cl)cc2)CC1. The lowest BCUT2D eigenvalue weighted by Crippen LogP contribution is -2.49. The summed E-state index contributed by atoms with van der Waals surface area (Å²) < 4.78 is 11.8. The fraction of sp³-hybridized carbons (Fsp3) is 0.333. The molecule has 6 nitrogen and oxygen atoms in total. The van der Waals surface area contributed by atoms with Crippen molar-refractivity contribution in [1.82, 2.24) is 9.80 Å². The minimum absolute atomic E-state index is 0.0616. The molecule has 0 radical (unpaired) electrons. The van der Waals surface area contributed by atoms with Crippen molar-refractivity contribution in [1.29, 1.82) is 0 Å². The first-order valence-corrected chi connectivity index (χ1v) is 10.7. The summed E-state index contributed by atoms with van der Waals surface area (Å²) >= 11 is 8.00. The van der Waals surface area contributed by atoms with Crippen molar-refractivity contribution in [3.8, 4) is 11.5 Å². The zero-order chi connectivity index (χ0) is 20.8. The molecule has 0 N–H and O–H groups in total. The van der Waals surface area contributed by atoms with Crippen LogP contribution in [-0.2, 0) is 11.3 Å². The molecule has 1 saturated heterocycles. The van der Waals surface area contributed by atoms with Crippen LogP contribution in [0.2, 0.25) is 5.02 Å². The van der Waals surface area contributed by atoms with Crippen LogP contribution in [0.4, 0.5) is 0 Å².